The smallest absolute Gasteiger partial charge is 0.259 e. The van der Waals surface area contributed by atoms with Crippen molar-refractivity contribution in [1.29, 1.82) is 0 Å². The maximum atomic E-state index is 5.58. The summed E-state index contributed by atoms with van der Waals surface area (Å²) in [5.74, 6) is 1.30. The second-order valence-electron chi connectivity index (χ2n) is 7.79. The average molecular weight is 393 g/mol. The van der Waals surface area contributed by atoms with Crippen molar-refractivity contribution in [2.75, 3.05) is 26.8 Å². The SMILES string of the molecule is COCCC1(c2noc(-c3cccnc3)n2)CCN(Cc2ccc(C)cn2)CC1. The Balaban J connectivity index is 1.48. The van der Waals surface area contributed by atoms with Crippen LogP contribution in [0.15, 0.2) is 47.4 Å². The van der Waals surface area contributed by atoms with Crippen molar-refractivity contribution in [3.8, 4) is 11.5 Å². The van der Waals surface area contributed by atoms with Crippen LogP contribution in [0.25, 0.3) is 11.5 Å². The highest BCUT2D eigenvalue weighted by atomic mass is 16.5. The van der Waals surface area contributed by atoms with Gasteiger partial charge in [-0.1, -0.05) is 11.2 Å². The van der Waals surface area contributed by atoms with Gasteiger partial charge in [-0.3, -0.25) is 14.9 Å². The normalized spacial score (nSPS) is 16.8. The van der Waals surface area contributed by atoms with E-state index >= 15 is 0 Å². The molecule has 29 heavy (non-hydrogen) atoms. The number of likely N-dealkylation sites (tertiary alicyclic amines) is 1. The van der Waals surface area contributed by atoms with E-state index < -0.39 is 0 Å². The lowest BCUT2D eigenvalue weighted by Gasteiger charge is -2.39. The zero-order valence-electron chi connectivity index (χ0n) is 17.0. The Morgan fingerprint density at radius 3 is 2.72 bits per heavy atom. The standard InChI is InChI=1S/C22H27N5O2/c1-17-5-6-19(24-14-17)16-27-11-7-22(8-12-27,9-13-28-2)21-25-20(29-26-21)18-4-3-10-23-15-18/h3-6,10,14-15H,7-9,11-13,16H2,1-2H3. The highest BCUT2D eigenvalue weighted by molar-refractivity contribution is 5.50. The molecule has 0 N–H and O–H groups in total. The quantitative estimate of drug-likeness (QED) is 0.609. The number of nitrogens with zero attached hydrogens (tertiary/aromatic N) is 5. The Morgan fingerprint density at radius 1 is 1.17 bits per heavy atom. The average Bonchev–Trinajstić information content (AvgIpc) is 3.27. The fourth-order valence-corrected chi connectivity index (χ4v) is 3.89. The lowest BCUT2D eigenvalue weighted by atomic mass is 9.75. The van der Waals surface area contributed by atoms with E-state index in [2.05, 4.69) is 39.1 Å². The fourth-order valence-electron chi connectivity index (χ4n) is 3.89. The van der Waals surface area contributed by atoms with Gasteiger partial charge in [-0.25, -0.2) is 0 Å². The molecule has 7 heteroatoms. The maximum absolute atomic E-state index is 5.58. The minimum absolute atomic E-state index is 0.128. The summed E-state index contributed by atoms with van der Waals surface area (Å²) < 4.78 is 11.0. The zero-order chi connectivity index (χ0) is 20.1. The van der Waals surface area contributed by atoms with Gasteiger partial charge in [-0.2, -0.15) is 4.98 Å². The van der Waals surface area contributed by atoms with Crippen molar-refractivity contribution in [1.82, 2.24) is 25.0 Å². The second kappa shape index (κ2) is 8.80. The molecule has 152 valence electrons. The molecule has 0 atom stereocenters. The fraction of sp³-hybridized carbons (Fsp3) is 0.455. The predicted octanol–water partition coefficient (Wildman–Crippen LogP) is 3.41. The van der Waals surface area contributed by atoms with E-state index in [-0.39, 0.29) is 5.41 Å². The molecule has 4 rings (SSSR count). The Hall–Kier alpha value is -2.64. The Bertz CT molecular complexity index is 902. The molecule has 1 fully saturated rings. The molecule has 3 aromatic heterocycles. The summed E-state index contributed by atoms with van der Waals surface area (Å²) in [6.45, 7) is 5.54. The third kappa shape index (κ3) is 4.52. The first kappa shape index (κ1) is 19.7. The predicted molar refractivity (Wildman–Crippen MR) is 109 cm³/mol. The van der Waals surface area contributed by atoms with Crippen LogP contribution < -0.4 is 0 Å². The maximum Gasteiger partial charge on any atom is 0.259 e. The van der Waals surface area contributed by atoms with Crippen LogP contribution in [0, 0.1) is 6.92 Å². The molecular formula is C22H27N5O2. The van der Waals surface area contributed by atoms with Crippen molar-refractivity contribution in [2.24, 2.45) is 0 Å². The number of aromatic nitrogens is 4. The third-order valence-corrected chi connectivity index (χ3v) is 5.76. The van der Waals surface area contributed by atoms with Crippen LogP contribution in [0.3, 0.4) is 0 Å². The van der Waals surface area contributed by atoms with Crippen LogP contribution in [0.5, 0.6) is 0 Å². The number of aryl methyl sites for hydroxylation is 1. The summed E-state index contributed by atoms with van der Waals surface area (Å²) in [6.07, 6.45) is 8.23. The summed E-state index contributed by atoms with van der Waals surface area (Å²) >= 11 is 0. The van der Waals surface area contributed by atoms with E-state index in [0.29, 0.717) is 12.5 Å². The molecule has 0 spiro atoms. The van der Waals surface area contributed by atoms with Crippen LogP contribution in [-0.4, -0.2) is 51.8 Å². The van der Waals surface area contributed by atoms with Gasteiger partial charge in [0.15, 0.2) is 5.82 Å². The lowest BCUT2D eigenvalue weighted by molar-refractivity contribution is 0.102. The van der Waals surface area contributed by atoms with Gasteiger partial charge in [0.1, 0.15) is 0 Å². The molecule has 1 aliphatic heterocycles. The highest BCUT2D eigenvalue weighted by Gasteiger charge is 2.40. The number of rotatable bonds is 7. The largest absolute Gasteiger partial charge is 0.385 e. The van der Waals surface area contributed by atoms with Crippen molar-refractivity contribution < 1.29 is 9.26 Å². The number of piperidine rings is 1. The third-order valence-electron chi connectivity index (χ3n) is 5.76. The van der Waals surface area contributed by atoms with Crippen molar-refractivity contribution in [3.05, 3.63) is 59.9 Å². The van der Waals surface area contributed by atoms with Crippen LogP contribution >= 0.6 is 0 Å². The monoisotopic (exact) mass is 393 g/mol. The van der Waals surface area contributed by atoms with E-state index in [1.54, 1.807) is 19.5 Å². The summed E-state index contributed by atoms with van der Waals surface area (Å²) in [7, 11) is 1.74. The molecule has 0 unspecified atom stereocenters. The molecule has 0 bridgehead atoms. The van der Waals surface area contributed by atoms with Crippen LogP contribution in [0.4, 0.5) is 0 Å². The van der Waals surface area contributed by atoms with Gasteiger partial charge in [-0.05, 0) is 63.0 Å². The van der Waals surface area contributed by atoms with Gasteiger partial charge in [0.05, 0.1) is 11.3 Å². The molecule has 0 aromatic carbocycles. The van der Waals surface area contributed by atoms with Gasteiger partial charge >= 0.3 is 0 Å². The summed E-state index contributed by atoms with van der Waals surface area (Å²) in [5, 5.41) is 4.36. The van der Waals surface area contributed by atoms with Gasteiger partial charge in [0, 0.05) is 44.3 Å². The topological polar surface area (TPSA) is 77.2 Å². The molecular weight excluding hydrogens is 366 g/mol. The molecule has 0 aliphatic carbocycles. The molecule has 3 aromatic rings. The molecule has 0 amide bonds. The molecule has 7 nitrogen and oxygen atoms in total. The molecule has 0 radical (unpaired) electrons. The minimum Gasteiger partial charge on any atom is -0.385 e. The van der Waals surface area contributed by atoms with E-state index in [4.69, 9.17) is 14.2 Å². The zero-order valence-corrected chi connectivity index (χ0v) is 17.0. The minimum atomic E-state index is -0.128. The van der Waals surface area contributed by atoms with Crippen molar-refractivity contribution in [3.63, 3.8) is 0 Å². The first-order valence-electron chi connectivity index (χ1n) is 10.1. The number of hydrogen-bond acceptors (Lipinski definition) is 7. The van der Waals surface area contributed by atoms with E-state index in [1.165, 1.54) is 5.56 Å². The summed E-state index contributed by atoms with van der Waals surface area (Å²) in [6, 6.07) is 8.04. The molecule has 0 saturated carbocycles. The number of pyridine rings is 2. The van der Waals surface area contributed by atoms with Gasteiger partial charge in [0.25, 0.3) is 5.89 Å². The van der Waals surface area contributed by atoms with E-state index in [0.717, 1.165) is 56.0 Å². The van der Waals surface area contributed by atoms with Gasteiger partial charge in [-0.15, -0.1) is 0 Å². The van der Waals surface area contributed by atoms with Crippen LogP contribution in [0.1, 0.15) is 36.3 Å². The van der Waals surface area contributed by atoms with E-state index in [1.807, 2.05) is 18.3 Å². The van der Waals surface area contributed by atoms with Crippen LogP contribution in [0.2, 0.25) is 0 Å². The Labute approximate surface area is 171 Å². The van der Waals surface area contributed by atoms with Crippen molar-refractivity contribution >= 4 is 0 Å². The van der Waals surface area contributed by atoms with E-state index in [9.17, 15) is 0 Å². The lowest BCUT2D eigenvalue weighted by Crippen LogP contribution is -2.43. The molecule has 4 heterocycles. The van der Waals surface area contributed by atoms with Crippen molar-refractivity contribution in [2.45, 2.75) is 38.1 Å². The summed E-state index contributed by atoms with van der Waals surface area (Å²) in [4.78, 5) is 15.9. The van der Waals surface area contributed by atoms with Gasteiger partial charge < -0.3 is 9.26 Å². The first-order chi connectivity index (χ1) is 14.2. The Kier molecular flexibility index (Phi) is 5.97. The second-order valence-corrected chi connectivity index (χ2v) is 7.79. The number of ether oxygens (including phenoxy) is 1. The van der Waals surface area contributed by atoms with Gasteiger partial charge in [0.2, 0.25) is 0 Å². The molecule has 1 aliphatic rings. The number of hydrogen-bond donors (Lipinski definition) is 0. The first-order valence-corrected chi connectivity index (χ1v) is 10.1. The highest BCUT2D eigenvalue weighted by Crippen LogP contribution is 2.38. The van der Waals surface area contributed by atoms with Crippen LogP contribution in [-0.2, 0) is 16.7 Å². The summed E-state index contributed by atoms with van der Waals surface area (Å²) in [5.41, 5.74) is 3.01. The number of methoxy groups -OCH3 is 1. The Morgan fingerprint density at radius 2 is 2.03 bits per heavy atom. The molecule has 1 saturated heterocycles.